The van der Waals surface area contributed by atoms with Gasteiger partial charge < -0.3 is 10.1 Å². The summed E-state index contributed by atoms with van der Waals surface area (Å²) in [4.78, 5) is 0. The van der Waals surface area contributed by atoms with Crippen LogP contribution in [0.5, 0.6) is 5.75 Å². The number of nitrogens with zero attached hydrogens (tertiary/aromatic N) is 3. The highest BCUT2D eigenvalue weighted by molar-refractivity contribution is 7.99. The van der Waals surface area contributed by atoms with Crippen molar-refractivity contribution in [3.63, 3.8) is 0 Å². The molecule has 1 N–H and O–H groups in total. The van der Waals surface area contributed by atoms with Gasteiger partial charge in [0.15, 0.2) is 0 Å². The van der Waals surface area contributed by atoms with Crippen molar-refractivity contribution in [2.75, 3.05) is 18.6 Å². The minimum absolute atomic E-state index is 0.102. The first-order valence-corrected chi connectivity index (χ1v) is 9.01. The smallest absolute Gasteiger partial charge is 0.203 e. The van der Waals surface area contributed by atoms with Crippen LogP contribution in [0.2, 0.25) is 0 Å². The van der Waals surface area contributed by atoms with Gasteiger partial charge in [0.2, 0.25) is 5.41 Å². The summed E-state index contributed by atoms with van der Waals surface area (Å²) in [7, 11) is 1.59. The second-order valence-corrected chi connectivity index (χ2v) is 7.17. The van der Waals surface area contributed by atoms with E-state index in [0.717, 1.165) is 22.8 Å². The Balaban J connectivity index is 2.16. The molecule has 1 aliphatic carbocycles. The molecule has 1 aliphatic heterocycles. The van der Waals surface area contributed by atoms with E-state index >= 15 is 0 Å². The number of nitriles is 3. The maximum atomic E-state index is 9.75. The minimum atomic E-state index is -1.62. The molecular weight excluding hydrogens is 332 g/mol. The van der Waals surface area contributed by atoms with Crippen LogP contribution in [0, 0.1) is 56.7 Å². The van der Waals surface area contributed by atoms with E-state index in [-0.39, 0.29) is 17.5 Å². The zero-order valence-corrected chi connectivity index (χ0v) is 14.5. The fourth-order valence-electron chi connectivity index (χ4n) is 3.78. The first kappa shape index (κ1) is 17.1. The lowest BCUT2D eigenvalue weighted by Gasteiger charge is -2.45. The summed E-state index contributed by atoms with van der Waals surface area (Å²) in [6.45, 7) is 0. The van der Waals surface area contributed by atoms with E-state index in [1.54, 1.807) is 18.9 Å². The zero-order chi connectivity index (χ0) is 18.0. The lowest BCUT2D eigenvalue weighted by atomic mass is 9.56. The van der Waals surface area contributed by atoms with Crippen LogP contribution in [0.15, 0.2) is 35.9 Å². The Morgan fingerprint density at radius 2 is 1.88 bits per heavy atom. The molecule has 0 aromatic heterocycles. The predicted molar refractivity (Wildman–Crippen MR) is 95.1 cm³/mol. The number of hydrogen-bond donors (Lipinski definition) is 1. The Hall–Kier alpha value is -2.75. The van der Waals surface area contributed by atoms with Crippen LogP contribution in [0.25, 0.3) is 0 Å². The van der Waals surface area contributed by atoms with Crippen molar-refractivity contribution in [1.82, 2.24) is 0 Å². The van der Waals surface area contributed by atoms with Crippen LogP contribution in [0.3, 0.4) is 0 Å². The van der Waals surface area contributed by atoms with Gasteiger partial charge in [0.05, 0.1) is 36.9 Å². The number of nitrogens with one attached hydrogen (secondary N) is 1. The van der Waals surface area contributed by atoms with E-state index in [0.29, 0.717) is 5.57 Å². The monoisotopic (exact) mass is 348 g/mol. The minimum Gasteiger partial charge on any atom is -0.497 e. The summed E-state index contributed by atoms with van der Waals surface area (Å²) in [5.74, 6) is 1.03. The van der Waals surface area contributed by atoms with E-state index in [9.17, 15) is 15.8 Å². The molecule has 124 valence electrons. The second kappa shape index (κ2) is 6.63. The molecule has 2 aliphatic rings. The van der Waals surface area contributed by atoms with E-state index < -0.39 is 11.3 Å². The molecule has 0 spiro atoms. The summed E-state index contributed by atoms with van der Waals surface area (Å²) >= 11 is 1.72. The van der Waals surface area contributed by atoms with Crippen molar-refractivity contribution in [3.05, 3.63) is 41.5 Å². The molecule has 1 heterocycles. The highest BCUT2D eigenvalue weighted by atomic mass is 32.2. The van der Waals surface area contributed by atoms with Crippen molar-refractivity contribution in [3.8, 4) is 24.0 Å². The number of fused-ring (bicyclic) bond motifs is 1. The molecule has 0 saturated heterocycles. The standard InChI is InChI=1S/C19H16N4OS/c1-24-13-4-2-12(3-5-13)17-14(8-20)18(23)19(10-21,11-22)16-6-7-25-9-15(16)17/h2-6,14-15,17,23H,7,9H2,1H3/t14?,15-,17+/m0/s1. The van der Waals surface area contributed by atoms with Crippen LogP contribution >= 0.6 is 11.8 Å². The van der Waals surface area contributed by atoms with Crippen LogP contribution in [0.4, 0.5) is 0 Å². The first-order valence-electron chi connectivity index (χ1n) is 7.86. The van der Waals surface area contributed by atoms with Gasteiger partial charge in [0.25, 0.3) is 0 Å². The maximum Gasteiger partial charge on any atom is 0.203 e. The summed E-state index contributed by atoms with van der Waals surface area (Å²) in [5.41, 5.74) is -0.0987. The van der Waals surface area contributed by atoms with Gasteiger partial charge in [-0.1, -0.05) is 18.2 Å². The Morgan fingerprint density at radius 1 is 1.20 bits per heavy atom. The molecule has 3 rings (SSSR count). The zero-order valence-electron chi connectivity index (χ0n) is 13.7. The highest BCUT2D eigenvalue weighted by Crippen LogP contribution is 2.53. The lowest BCUT2D eigenvalue weighted by molar-refractivity contribution is 0.406. The average molecular weight is 348 g/mol. The largest absolute Gasteiger partial charge is 0.497 e. The number of hydrogen-bond acceptors (Lipinski definition) is 6. The molecule has 5 nitrogen and oxygen atoms in total. The van der Waals surface area contributed by atoms with Crippen molar-refractivity contribution in [2.24, 2.45) is 17.3 Å². The third-order valence-corrected chi connectivity index (χ3v) is 6.03. The molecule has 1 aromatic carbocycles. The van der Waals surface area contributed by atoms with Gasteiger partial charge >= 0.3 is 0 Å². The Morgan fingerprint density at radius 3 is 2.44 bits per heavy atom. The number of ether oxygens (including phenoxy) is 1. The Bertz CT molecular complexity index is 839. The molecule has 1 saturated carbocycles. The van der Waals surface area contributed by atoms with Crippen molar-refractivity contribution < 1.29 is 4.74 Å². The Labute approximate surface area is 151 Å². The molecule has 25 heavy (non-hydrogen) atoms. The lowest BCUT2D eigenvalue weighted by Crippen LogP contribution is -2.48. The van der Waals surface area contributed by atoms with Gasteiger partial charge in [-0.2, -0.15) is 27.5 Å². The molecule has 0 radical (unpaired) electrons. The van der Waals surface area contributed by atoms with Crippen molar-refractivity contribution in [1.29, 1.82) is 21.2 Å². The number of methoxy groups -OCH3 is 1. The van der Waals surface area contributed by atoms with Gasteiger partial charge in [0.1, 0.15) is 5.75 Å². The molecular formula is C19H16N4OS. The fourth-order valence-corrected chi connectivity index (χ4v) is 4.86. The number of allylic oxidation sites excluding steroid dienone is 1. The summed E-state index contributed by atoms with van der Waals surface area (Å²) in [6, 6.07) is 13.8. The Kier molecular flexibility index (Phi) is 4.53. The van der Waals surface area contributed by atoms with E-state index in [1.807, 2.05) is 42.5 Å². The third kappa shape index (κ3) is 2.49. The molecule has 6 heteroatoms. The molecule has 1 aromatic rings. The number of thioether (sulfide) groups is 1. The third-order valence-electron chi connectivity index (χ3n) is 5.03. The van der Waals surface area contributed by atoms with Gasteiger partial charge in [-0.3, -0.25) is 0 Å². The summed E-state index contributed by atoms with van der Waals surface area (Å²) in [6.07, 6.45) is 1.91. The predicted octanol–water partition coefficient (Wildman–Crippen LogP) is 3.27. The number of rotatable bonds is 2. The molecule has 0 amide bonds. The molecule has 3 atom stereocenters. The van der Waals surface area contributed by atoms with Gasteiger partial charge in [-0.05, 0) is 23.3 Å². The van der Waals surface area contributed by atoms with Crippen LogP contribution in [0.1, 0.15) is 11.5 Å². The topological polar surface area (TPSA) is 104 Å². The van der Waals surface area contributed by atoms with Gasteiger partial charge in [0, 0.05) is 23.3 Å². The van der Waals surface area contributed by atoms with E-state index in [1.165, 1.54) is 0 Å². The van der Waals surface area contributed by atoms with E-state index in [2.05, 4.69) is 6.07 Å². The van der Waals surface area contributed by atoms with Crippen molar-refractivity contribution >= 4 is 17.5 Å². The van der Waals surface area contributed by atoms with Crippen LogP contribution in [-0.4, -0.2) is 24.3 Å². The quantitative estimate of drug-likeness (QED) is 0.826. The van der Waals surface area contributed by atoms with Crippen LogP contribution < -0.4 is 4.74 Å². The first-order chi connectivity index (χ1) is 12.1. The molecule has 1 unspecified atom stereocenters. The van der Waals surface area contributed by atoms with Crippen molar-refractivity contribution in [2.45, 2.75) is 5.92 Å². The average Bonchev–Trinajstić information content (AvgIpc) is 2.68. The molecule has 0 bridgehead atoms. The van der Waals surface area contributed by atoms with E-state index in [4.69, 9.17) is 10.1 Å². The van der Waals surface area contributed by atoms with Gasteiger partial charge in [-0.25, -0.2) is 0 Å². The molecule has 1 fully saturated rings. The second-order valence-electron chi connectivity index (χ2n) is 6.10. The maximum absolute atomic E-state index is 9.75. The highest BCUT2D eigenvalue weighted by Gasteiger charge is 2.55. The van der Waals surface area contributed by atoms with Crippen LogP contribution in [-0.2, 0) is 0 Å². The SMILES string of the molecule is COc1ccc([C@@H]2C(C#N)C(=N)C(C#N)(C#N)C3=CCSC[C@@H]32)cc1. The number of benzene rings is 1. The normalized spacial score (nSPS) is 27.0. The van der Waals surface area contributed by atoms with Gasteiger partial charge in [-0.15, -0.1) is 0 Å². The summed E-state index contributed by atoms with van der Waals surface area (Å²) in [5, 5.41) is 37.6. The summed E-state index contributed by atoms with van der Waals surface area (Å²) < 4.78 is 5.20. The fraction of sp³-hybridized carbons (Fsp3) is 0.368.